The van der Waals surface area contributed by atoms with Crippen molar-refractivity contribution in [1.82, 2.24) is 9.78 Å². The van der Waals surface area contributed by atoms with E-state index in [1.54, 1.807) is 26.4 Å². The lowest BCUT2D eigenvalue weighted by atomic mass is 10.1. The van der Waals surface area contributed by atoms with Gasteiger partial charge in [-0.1, -0.05) is 18.2 Å². The topological polar surface area (TPSA) is 36.3 Å². The molecule has 0 unspecified atom stereocenters. The molecule has 0 saturated carbocycles. The molecule has 0 spiro atoms. The van der Waals surface area contributed by atoms with Crippen LogP contribution < -0.4 is 9.47 Å². The van der Waals surface area contributed by atoms with E-state index in [4.69, 9.17) is 14.6 Å². The van der Waals surface area contributed by atoms with Gasteiger partial charge in [0.15, 0.2) is 0 Å². The average molecular weight is 467 g/mol. The summed E-state index contributed by atoms with van der Waals surface area (Å²) in [5, 5.41) is 4.82. The fraction of sp³-hybridized carbons (Fsp3) is 0.125. The summed E-state index contributed by atoms with van der Waals surface area (Å²) in [6.07, 6.45) is 0. The standard InChI is InChI=1S/C24H20BrFN2O2/c1-29-19-11-7-16(8-12-19)23-22(25)24(17-9-13-20(30-2)14-10-17)28(27-23)15-18-5-3-4-6-21(18)26/h3-14H,15H2,1-2H3. The summed E-state index contributed by atoms with van der Waals surface area (Å²) >= 11 is 3.74. The zero-order valence-corrected chi connectivity index (χ0v) is 18.2. The highest BCUT2D eigenvalue weighted by Crippen LogP contribution is 2.38. The van der Waals surface area contributed by atoms with E-state index in [0.717, 1.165) is 38.5 Å². The van der Waals surface area contributed by atoms with E-state index in [1.165, 1.54) is 6.07 Å². The highest BCUT2D eigenvalue weighted by molar-refractivity contribution is 9.10. The van der Waals surface area contributed by atoms with Gasteiger partial charge in [0.05, 0.1) is 30.9 Å². The van der Waals surface area contributed by atoms with Gasteiger partial charge in [-0.2, -0.15) is 5.10 Å². The van der Waals surface area contributed by atoms with Gasteiger partial charge in [-0.3, -0.25) is 4.68 Å². The quantitative estimate of drug-likeness (QED) is 0.340. The van der Waals surface area contributed by atoms with Crippen molar-refractivity contribution >= 4 is 15.9 Å². The average Bonchev–Trinajstić information content (AvgIpc) is 3.11. The summed E-state index contributed by atoms with van der Waals surface area (Å²) in [5.74, 6) is 1.29. The first-order chi connectivity index (χ1) is 14.6. The number of hydrogen-bond acceptors (Lipinski definition) is 3. The fourth-order valence-corrected chi connectivity index (χ4v) is 4.04. The summed E-state index contributed by atoms with van der Waals surface area (Å²) in [6, 6.07) is 22.2. The molecule has 0 fully saturated rings. The molecule has 1 heterocycles. The van der Waals surface area contributed by atoms with E-state index in [9.17, 15) is 4.39 Å². The Labute approximate surface area is 183 Å². The largest absolute Gasteiger partial charge is 0.497 e. The van der Waals surface area contributed by atoms with Gasteiger partial charge in [-0.15, -0.1) is 0 Å². The Morgan fingerprint density at radius 1 is 0.833 bits per heavy atom. The number of aromatic nitrogens is 2. The maximum absolute atomic E-state index is 14.3. The van der Waals surface area contributed by atoms with E-state index in [0.29, 0.717) is 12.1 Å². The first kappa shape index (κ1) is 20.2. The molecule has 152 valence electrons. The zero-order chi connectivity index (χ0) is 21.1. The Hall–Kier alpha value is -3.12. The van der Waals surface area contributed by atoms with Crippen LogP contribution >= 0.6 is 15.9 Å². The molecule has 0 N–H and O–H groups in total. The number of ether oxygens (including phenoxy) is 2. The number of benzene rings is 3. The van der Waals surface area contributed by atoms with Gasteiger partial charge in [-0.05, 0) is 70.5 Å². The van der Waals surface area contributed by atoms with Crippen LogP contribution in [0.25, 0.3) is 22.5 Å². The molecule has 0 amide bonds. The third-order valence-corrected chi connectivity index (χ3v) is 5.65. The molecule has 4 rings (SSSR count). The number of methoxy groups -OCH3 is 2. The number of hydrogen-bond donors (Lipinski definition) is 0. The molecule has 0 atom stereocenters. The fourth-order valence-electron chi connectivity index (χ4n) is 3.30. The minimum Gasteiger partial charge on any atom is -0.497 e. The Balaban J connectivity index is 1.84. The van der Waals surface area contributed by atoms with Gasteiger partial charge < -0.3 is 9.47 Å². The second kappa shape index (κ2) is 8.71. The Bertz CT molecular complexity index is 1160. The van der Waals surface area contributed by atoms with Crippen LogP contribution in [0.4, 0.5) is 4.39 Å². The predicted molar refractivity (Wildman–Crippen MR) is 119 cm³/mol. The molecule has 4 nitrogen and oxygen atoms in total. The van der Waals surface area contributed by atoms with Gasteiger partial charge >= 0.3 is 0 Å². The van der Waals surface area contributed by atoms with Crippen molar-refractivity contribution in [1.29, 1.82) is 0 Å². The zero-order valence-electron chi connectivity index (χ0n) is 16.6. The highest BCUT2D eigenvalue weighted by Gasteiger charge is 2.20. The molecule has 0 aliphatic rings. The van der Waals surface area contributed by atoms with Crippen LogP contribution in [0.3, 0.4) is 0 Å². The normalized spacial score (nSPS) is 10.8. The third-order valence-electron chi connectivity index (χ3n) is 4.90. The lowest BCUT2D eigenvalue weighted by molar-refractivity contribution is 0.414. The Kier molecular flexibility index (Phi) is 5.86. The van der Waals surface area contributed by atoms with Crippen molar-refractivity contribution in [2.24, 2.45) is 0 Å². The maximum Gasteiger partial charge on any atom is 0.128 e. The minimum atomic E-state index is -0.254. The van der Waals surface area contributed by atoms with Crippen LogP contribution in [0.15, 0.2) is 77.3 Å². The third kappa shape index (κ3) is 3.96. The van der Waals surface area contributed by atoms with E-state index in [2.05, 4.69) is 15.9 Å². The molecule has 0 radical (unpaired) electrons. The van der Waals surface area contributed by atoms with Crippen LogP contribution in [0, 0.1) is 5.82 Å². The molecule has 6 heteroatoms. The summed E-state index contributed by atoms with van der Waals surface area (Å²) in [4.78, 5) is 0. The Morgan fingerprint density at radius 3 is 1.97 bits per heavy atom. The van der Waals surface area contributed by atoms with Crippen LogP contribution in [0.1, 0.15) is 5.56 Å². The van der Waals surface area contributed by atoms with Crippen LogP contribution in [0.5, 0.6) is 11.5 Å². The molecule has 0 bridgehead atoms. The van der Waals surface area contributed by atoms with E-state index in [1.807, 2.05) is 59.3 Å². The number of rotatable bonds is 6. The molecule has 3 aromatic carbocycles. The lowest BCUT2D eigenvalue weighted by Crippen LogP contribution is -2.05. The lowest BCUT2D eigenvalue weighted by Gasteiger charge is -2.10. The molecule has 0 saturated heterocycles. The summed E-state index contributed by atoms with van der Waals surface area (Å²) < 4.78 is 27.5. The van der Waals surface area contributed by atoms with Crippen molar-refractivity contribution in [3.63, 3.8) is 0 Å². The molecular weight excluding hydrogens is 447 g/mol. The van der Waals surface area contributed by atoms with Crippen LogP contribution in [-0.4, -0.2) is 24.0 Å². The molecule has 30 heavy (non-hydrogen) atoms. The van der Waals surface area contributed by atoms with Gasteiger partial charge in [0, 0.05) is 16.7 Å². The van der Waals surface area contributed by atoms with E-state index in [-0.39, 0.29) is 5.82 Å². The van der Waals surface area contributed by atoms with E-state index >= 15 is 0 Å². The molecule has 0 aliphatic heterocycles. The summed E-state index contributed by atoms with van der Waals surface area (Å²) in [5.41, 5.74) is 4.10. The van der Waals surface area contributed by atoms with Crippen molar-refractivity contribution in [2.75, 3.05) is 14.2 Å². The summed E-state index contributed by atoms with van der Waals surface area (Å²) in [7, 11) is 3.27. The van der Waals surface area contributed by atoms with Crippen molar-refractivity contribution in [3.8, 4) is 34.0 Å². The minimum absolute atomic E-state index is 0.254. The first-order valence-corrected chi connectivity index (χ1v) is 10.2. The van der Waals surface area contributed by atoms with Gasteiger partial charge in [0.1, 0.15) is 23.0 Å². The first-order valence-electron chi connectivity index (χ1n) is 9.39. The second-order valence-electron chi connectivity index (χ2n) is 6.72. The van der Waals surface area contributed by atoms with Crippen molar-refractivity contribution in [3.05, 3.63) is 88.6 Å². The summed E-state index contributed by atoms with van der Waals surface area (Å²) in [6.45, 7) is 0.308. The van der Waals surface area contributed by atoms with E-state index < -0.39 is 0 Å². The van der Waals surface area contributed by atoms with Gasteiger partial charge in [0.25, 0.3) is 0 Å². The monoisotopic (exact) mass is 466 g/mol. The van der Waals surface area contributed by atoms with Crippen molar-refractivity contribution in [2.45, 2.75) is 6.54 Å². The Morgan fingerprint density at radius 2 is 1.40 bits per heavy atom. The van der Waals surface area contributed by atoms with Crippen LogP contribution in [0.2, 0.25) is 0 Å². The predicted octanol–water partition coefficient (Wildman–Crippen LogP) is 6.18. The molecule has 0 aliphatic carbocycles. The van der Waals surface area contributed by atoms with Crippen LogP contribution in [-0.2, 0) is 6.54 Å². The second-order valence-corrected chi connectivity index (χ2v) is 7.51. The maximum atomic E-state index is 14.3. The van der Waals surface area contributed by atoms with Gasteiger partial charge in [-0.25, -0.2) is 4.39 Å². The smallest absolute Gasteiger partial charge is 0.128 e. The SMILES string of the molecule is COc1ccc(-c2nn(Cc3ccccc3F)c(-c3ccc(OC)cc3)c2Br)cc1. The number of nitrogens with zero attached hydrogens (tertiary/aromatic N) is 2. The number of halogens is 2. The van der Waals surface area contributed by atoms with Gasteiger partial charge in [0.2, 0.25) is 0 Å². The highest BCUT2D eigenvalue weighted by atomic mass is 79.9. The van der Waals surface area contributed by atoms with Crippen molar-refractivity contribution < 1.29 is 13.9 Å². The molecule has 4 aromatic rings. The molecule has 1 aromatic heterocycles. The molecular formula is C24H20BrFN2O2.